The van der Waals surface area contributed by atoms with E-state index in [0.29, 0.717) is 5.75 Å². The number of methoxy groups -OCH3 is 2. The van der Waals surface area contributed by atoms with Crippen molar-refractivity contribution in [2.45, 2.75) is 4.90 Å². The zero-order chi connectivity index (χ0) is 27.4. The summed E-state index contributed by atoms with van der Waals surface area (Å²) in [6.45, 7) is -0.549. The number of nitrogens with one attached hydrogen (secondary N) is 1. The molecule has 2 N–H and O–H groups in total. The minimum Gasteiger partial charge on any atom is -0.494 e. The largest absolute Gasteiger partial charge is 0.494 e. The van der Waals surface area contributed by atoms with E-state index >= 15 is 0 Å². The highest BCUT2D eigenvalue weighted by Crippen LogP contribution is 2.41. The molecule has 4 rings (SSSR count). The van der Waals surface area contributed by atoms with E-state index in [2.05, 4.69) is 10.3 Å². The third kappa shape index (κ3) is 5.22. The summed E-state index contributed by atoms with van der Waals surface area (Å²) in [5.74, 6) is -1.22. The Morgan fingerprint density at radius 1 is 1.03 bits per heavy atom. The van der Waals surface area contributed by atoms with Gasteiger partial charge in [0.1, 0.15) is 34.5 Å². The number of rotatable bonds is 10. The molecule has 0 spiro atoms. The third-order valence-corrected chi connectivity index (χ3v) is 7.15. The Kier molecular flexibility index (Phi) is 7.74. The lowest BCUT2D eigenvalue weighted by atomic mass is 10.0. The van der Waals surface area contributed by atoms with Gasteiger partial charge in [0.05, 0.1) is 27.4 Å². The standard InChI is InChI=1S/C26H23FN2O8S/c1-35-22-9-7-19(29-24(22)17-14-38(33,34)25-16(17)4-3-5-18(25)27)20(31)13-28-26(32)15-6-8-21(37-11-10-30)23(12-15)36-2/h3-9,12,14,30H,10-11,13H2,1-2H3,(H,28,32). The molecule has 198 valence electrons. The van der Waals surface area contributed by atoms with Crippen LogP contribution in [0.1, 0.15) is 32.1 Å². The van der Waals surface area contributed by atoms with Crippen molar-refractivity contribution in [1.29, 1.82) is 0 Å². The van der Waals surface area contributed by atoms with Crippen molar-refractivity contribution in [2.24, 2.45) is 0 Å². The van der Waals surface area contributed by atoms with E-state index in [1.807, 2.05) is 0 Å². The number of sulfone groups is 1. The number of amides is 1. The van der Waals surface area contributed by atoms with Crippen molar-refractivity contribution in [2.75, 3.05) is 34.0 Å². The van der Waals surface area contributed by atoms with Crippen LogP contribution in [0, 0.1) is 5.82 Å². The first kappa shape index (κ1) is 26.8. The van der Waals surface area contributed by atoms with Crippen molar-refractivity contribution in [3.05, 3.63) is 82.3 Å². The Labute approximate surface area is 217 Å². The molecule has 3 aromatic rings. The topological polar surface area (TPSA) is 141 Å². The van der Waals surface area contributed by atoms with Gasteiger partial charge >= 0.3 is 0 Å². The lowest BCUT2D eigenvalue weighted by Gasteiger charge is -2.12. The van der Waals surface area contributed by atoms with E-state index in [1.54, 1.807) is 0 Å². The monoisotopic (exact) mass is 542 g/mol. The number of fused-ring (bicyclic) bond motifs is 1. The van der Waals surface area contributed by atoms with Gasteiger partial charge in [0.15, 0.2) is 17.3 Å². The zero-order valence-electron chi connectivity index (χ0n) is 20.4. The average molecular weight is 543 g/mol. The molecule has 0 fully saturated rings. The minimum atomic E-state index is -4.06. The fourth-order valence-corrected chi connectivity index (χ4v) is 5.36. The molecule has 1 amide bonds. The molecule has 1 aromatic heterocycles. The Morgan fingerprint density at radius 3 is 2.47 bits per heavy atom. The summed E-state index contributed by atoms with van der Waals surface area (Å²) in [5.41, 5.74) is 0.379. The molecule has 0 saturated heterocycles. The van der Waals surface area contributed by atoms with Gasteiger partial charge in [0.25, 0.3) is 5.91 Å². The summed E-state index contributed by atoms with van der Waals surface area (Å²) in [6.07, 6.45) is 0. The van der Waals surface area contributed by atoms with Gasteiger partial charge < -0.3 is 24.6 Å². The second kappa shape index (κ2) is 11.0. The number of hydrogen-bond donors (Lipinski definition) is 2. The third-order valence-electron chi connectivity index (χ3n) is 5.62. The van der Waals surface area contributed by atoms with Gasteiger partial charge in [-0.3, -0.25) is 9.59 Å². The van der Waals surface area contributed by atoms with Gasteiger partial charge in [-0.25, -0.2) is 17.8 Å². The number of aromatic nitrogens is 1. The van der Waals surface area contributed by atoms with E-state index in [9.17, 15) is 22.4 Å². The molecular formula is C26H23FN2O8S. The number of aliphatic hydroxyl groups is 1. The van der Waals surface area contributed by atoms with Crippen LogP contribution in [0.25, 0.3) is 5.57 Å². The molecule has 38 heavy (non-hydrogen) atoms. The van der Waals surface area contributed by atoms with Crippen LogP contribution in [0.4, 0.5) is 4.39 Å². The van der Waals surface area contributed by atoms with Crippen LogP contribution in [0.2, 0.25) is 0 Å². The molecule has 0 saturated carbocycles. The van der Waals surface area contributed by atoms with E-state index in [4.69, 9.17) is 19.3 Å². The molecule has 0 unspecified atom stereocenters. The van der Waals surface area contributed by atoms with Gasteiger partial charge in [-0.2, -0.15) is 0 Å². The summed E-state index contributed by atoms with van der Waals surface area (Å²) >= 11 is 0. The Balaban J connectivity index is 1.56. The average Bonchev–Trinajstić information content (AvgIpc) is 3.21. The molecule has 10 nitrogen and oxygen atoms in total. The molecule has 0 bridgehead atoms. The van der Waals surface area contributed by atoms with Crippen molar-refractivity contribution >= 4 is 27.1 Å². The fraction of sp³-hybridized carbons (Fsp3) is 0.192. The highest BCUT2D eigenvalue weighted by atomic mass is 32.2. The predicted molar refractivity (Wildman–Crippen MR) is 134 cm³/mol. The lowest BCUT2D eigenvalue weighted by Crippen LogP contribution is -2.30. The molecule has 1 aliphatic heterocycles. The normalized spacial score (nSPS) is 13.3. The van der Waals surface area contributed by atoms with Crippen molar-refractivity contribution < 1.29 is 41.7 Å². The number of aliphatic hydroxyl groups excluding tert-OH is 1. The van der Waals surface area contributed by atoms with Crippen LogP contribution >= 0.6 is 0 Å². The van der Waals surface area contributed by atoms with Crippen LogP contribution < -0.4 is 19.5 Å². The molecule has 12 heteroatoms. The van der Waals surface area contributed by atoms with Gasteiger partial charge in [0, 0.05) is 22.1 Å². The number of nitrogens with zero attached hydrogens (tertiary/aromatic N) is 1. The SMILES string of the molecule is COc1cc(C(=O)NCC(=O)c2ccc(OC)c(C3=CS(=O)(=O)c4c(F)cccc43)n2)ccc1OCCO. The van der Waals surface area contributed by atoms with Gasteiger partial charge in [-0.15, -0.1) is 0 Å². The number of hydrogen-bond acceptors (Lipinski definition) is 9. The maximum atomic E-state index is 14.3. The first-order valence-electron chi connectivity index (χ1n) is 11.2. The summed E-state index contributed by atoms with van der Waals surface area (Å²) in [4.78, 5) is 29.4. The number of benzene rings is 2. The van der Waals surface area contributed by atoms with E-state index in [1.165, 1.54) is 56.7 Å². The molecule has 0 atom stereocenters. The molecule has 0 aliphatic carbocycles. The summed E-state index contributed by atoms with van der Waals surface area (Å²) in [7, 11) is -1.31. The van der Waals surface area contributed by atoms with Gasteiger partial charge in [-0.1, -0.05) is 12.1 Å². The maximum Gasteiger partial charge on any atom is 0.251 e. The lowest BCUT2D eigenvalue weighted by molar-refractivity contribution is 0.0902. The molecule has 2 heterocycles. The Morgan fingerprint density at radius 2 is 1.76 bits per heavy atom. The number of ketones is 1. The second-order valence-corrected chi connectivity index (χ2v) is 9.72. The van der Waals surface area contributed by atoms with Gasteiger partial charge in [-0.05, 0) is 36.4 Å². The molecule has 0 radical (unpaired) electrons. The van der Waals surface area contributed by atoms with Crippen LogP contribution in [0.3, 0.4) is 0 Å². The van der Waals surface area contributed by atoms with Gasteiger partial charge in [0.2, 0.25) is 9.84 Å². The van der Waals surface area contributed by atoms with Crippen molar-refractivity contribution in [3.8, 4) is 17.2 Å². The molecule has 1 aliphatic rings. The van der Waals surface area contributed by atoms with Crippen LogP contribution in [0.15, 0.2) is 58.8 Å². The smallest absolute Gasteiger partial charge is 0.251 e. The first-order valence-corrected chi connectivity index (χ1v) is 12.8. The first-order chi connectivity index (χ1) is 18.2. The Bertz CT molecular complexity index is 1550. The highest BCUT2D eigenvalue weighted by molar-refractivity contribution is 7.95. The number of carbonyl (C=O) groups excluding carboxylic acids is 2. The number of ether oxygens (including phenoxy) is 3. The summed E-state index contributed by atoms with van der Waals surface area (Å²) in [6, 6.07) is 11.1. The quantitative estimate of drug-likeness (QED) is 0.370. The zero-order valence-corrected chi connectivity index (χ0v) is 21.2. The van der Waals surface area contributed by atoms with E-state index < -0.39 is 38.8 Å². The van der Waals surface area contributed by atoms with Crippen molar-refractivity contribution in [1.82, 2.24) is 10.3 Å². The van der Waals surface area contributed by atoms with E-state index in [-0.39, 0.29) is 52.8 Å². The number of halogens is 1. The predicted octanol–water partition coefficient (Wildman–Crippen LogP) is 2.40. The number of carbonyl (C=O) groups is 2. The fourth-order valence-electron chi connectivity index (χ4n) is 3.87. The van der Waals surface area contributed by atoms with Crippen LogP contribution in [-0.2, 0) is 9.84 Å². The Hall–Kier alpha value is -4.29. The summed E-state index contributed by atoms with van der Waals surface area (Å²) in [5, 5.41) is 12.3. The number of pyridine rings is 1. The molecule has 2 aromatic carbocycles. The summed E-state index contributed by atoms with van der Waals surface area (Å²) < 4.78 is 55.3. The minimum absolute atomic E-state index is 0.0424. The van der Waals surface area contributed by atoms with E-state index in [0.717, 1.165) is 11.5 Å². The highest BCUT2D eigenvalue weighted by Gasteiger charge is 2.33. The maximum absolute atomic E-state index is 14.3. The van der Waals surface area contributed by atoms with Crippen molar-refractivity contribution in [3.63, 3.8) is 0 Å². The van der Waals surface area contributed by atoms with Crippen LogP contribution in [0.5, 0.6) is 17.2 Å². The number of Topliss-reactive ketones (excluding diaryl/α,β-unsaturated/α-hetero) is 1. The van der Waals surface area contributed by atoms with Crippen LogP contribution in [-0.4, -0.2) is 64.2 Å². The molecular weight excluding hydrogens is 519 g/mol. The second-order valence-electron chi connectivity index (χ2n) is 7.98.